The van der Waals surface area contributed by atoms with Crippen molar-refractivity contribution in [3.05, 3.63) is 74.5 Å². The van der Waals surface area contributed by atoms with Gasteiger partial charge < -0.3 is 35.5 Å². The van der Waals surface area contributed by atoms with Gasteiger partial charge in [-0.2, -0.15) is 8.78 Å². The number of amides is 3. The number of hydrogen-bond acceptors (Lipinski definition) is 8. The fraction of sp³-hybridized carbons (Fsp3) is 0.438. The van der Waals surface area contributed by atoms with E-state index in [1.807, 2.05) is 43.5 Å². The highest BCUT2D eigenvalue weighted by Gasteiger charge is 2.52. The van der Waals surface area contributed by atoms with E-state index in [1.165, 1.54) is 4.90 Å². The van der Waals surface area contributed by atoms with Crippen LogP contribution in [0.2, 0.25) is 0 Å². The summed E-state index contributed by atoms with van der Waals surface area (Å²) in [5.41, 5.74) is 10.7. The second-order valence-corrected chi connectivity index (χ2v) is 12.1. The predicted octanol–water partition coefficient (Wildman–Crippen LogP) is 3.71. The van der Waals surface area contributed by atoms with E-state index in [1.54, 1.807) is 11.3 Å². The van der Waals surface area contributed by atoms with Gasteiger partial charge in [-0.3, -0.25) is 19.8 Å². The number of nitrogens with one attached hydrogen (secondary N) is 3. The molecule has 2 aromatic rings. The molecular formula is C32H39F2N5O6S. The molecule has 5 N–H and O–H groups in total. The summed E-state index contributed by atoms with van der Waals surface area (Å²) in [6, 6.07) is 7.24. The second kappa shape index (κ2) is 16.0. The number of nitrogens with two attached hydrogens (primary N) is 1. The Hall–Kier alpha value is -3.98. The molecular weight excluding hydrogens is 620 g/mol. The van der Waals surface area contributed by atoms with Gasteiger partial charge >= 0.3 is 6.61 Å². The Labute approximate surface area is 270 Å². The molecule has 2 atom stereocenters. The van der Waals surface area contributed by atoms with Crippen LogP contribution < -0.4 is 16.4 Å². The summed E-state index contributed by atoms with van der Waals surface area (Å²) in [7, 11) is 0. The Bertz CT molecular complexity index is 1470. The number of fused-ring (bicyclic) bond motifs is 2. The van der Waals surface area contributed by atoms with Gasteiger partial charge in [0.1, 0.15) is 12.1 Å². The first-order valence-corrected chi connectivity index (χ1v) is 15.7. The van der Waals surface area contributed by atoms with E-state index in [0.717, 1.165) is 57.5 Å². The molecule has 248 valence electrons. The lowest BCUT2D eigenvalue weighted by molar-refractivity contribution is -0.154. The van der Waals surface area contributed by atoms with Crippen LogP contribution in [0.25, 0.3) is 5.57 Å². The lowest BCUT2D eigenvalue weighted by atomic mass is 9.97. The summed E-state index contributed by atoms with van der Waals surface area (Å²) in [5, 5.41) is 13.1. The molecule has 2 aliphatic carbocycles. The maximum Gasteiger partial charge on any atom is 0.346 e. The van der Waals surface area contributed by atoms with Crippen LogP contribution in [0, 0.1) is 19.3 Å². The highest BCUT2D eigenvalue weighted by Crippen LogP contribution is 2.47. The number of nitrogens with zero attached hydrogens (tertiary/aromatic N) is 1. The number of allylic oxidation sites excluding steroid dienone is 3. The molecule has 2 unspecified atom stereocenters. The van der Waals surface area contributed by atoms with Crippen LogP contribution >= 0.6 is 11.3 Å². The fourth-order valence-corrected chi connectivity index (χ4v) is 6.76. The Morgan fingerprint density at radius 3 is 2.63 bits per heavy atom. The van der Waals surface area contributed by atoms with E-state index in [-0.39, 0.29) is 31.3 Å². The van der Waals surface area contributed by atoms with Crippen LogP contribution in [0.15, 0.2) is 47.4 Å². The Kier molecular flexibility index (Phi) is 12.2. The molecule has 14 heteroatoms. The normalized spacial score (nSPS) is 20.3. The first kappa shape index (κ1) is 34.9. The van der Waals surface area contributed by atoms with Gasteiger partial charge in [0.25, 0.3) is 0 Å². The smallest absolute Gasteiger partial charge is 0.346 e. The van der Waals surface area contributed by atoms with Crippen molar-refractivity contribution < 1.29 is 37.4 Å². The monoisotopic (exact) mass is 659 g/mol. The molecule has 1 aromatic heterocycles. The van der Waals surface area contributed by atoms with Gasteiger partial charge in [0.2, 0.25) is 18.2 Å². The molecule has 6 rings (SSSR count). The standard InChI is InChI=1S/C16H21N3O5S.C15H14F2O.CH4N2/c1-11-4-12(25-8-11)6-18-15(22)13-5-16(23-2-3-24-16)9-19(13)14(21)7-17-10-20;1-9-6-7-12-13(8-9)10-4-2-3-5-11(10)14(12)18-15(16)17;2-1-3/h4,8,10,13H,2-3,5-7,9H2,1H3,(H,17,20)(H,18,22);2,4,6-8,14-15H,3,5H2,1H3;1H,(H3,2,3). The summed E-state index contributed by atoms with van der Waals surface area (Å²) >= 11 is 1.58. The minimum Gasteiger partial charge on any atom is -0.390 e. The van der Waals surface area contributed by atoms with Crippen LogP contribution in [0.3, 0.4) is 0 Å². The Morgan fingerprint density at radius 2 is 1.98 bits per heavy atom. The van der Waals surface area contributed by atoms with Gasteiger partial charge in [0.15, 0.2) is 5.79 Å². The number of hydrogen-bond donors (Lipinski definition) is 4. The average molecular weight is 660 g/mol. The zero-order valence-electron chi connectivity index (χ0n) is 25.7. The zero-order chi connectivity index (χ0) is 33.3. The summed E-state index contributed by atoms with van der Waals surface area (Å²) in [6.45, 7) is 2.59. The molecule has 0 radical (unpaired) electrons. The Balaban J connectivity index is 0.000000201. The van der Waals surface area contributed by atoms with Crippen molar-refractivity contribution in [3.8, 4) is 0 Å². The quantitative estimate of drug-likeness (QED) is 0.191. The van der Waals surface area contributed by atoms with Crippen LogP contribution in [0.4, 0.5) is 8.78 Å². The van der Waals surface area contributed by atoms with Crippen LogP contribution in [-0.4, -0.2) is 74.2 Å². The zero-order valence-corrected chi connectivity index (χ0v) is 26.5. The number of thiophene rings is 1. The number of alkyl halides is 2. The van der Waals surface area contributed by atoms with Crippen LogP contribution in [-0.2, 0) is 35.1 Å². The SMILES string of the molecule is Cc1ccc2c(c1)C1=C(CCC=C1)C2OC(F)F.Cc1csc(CNC(=O)C2CC3(CN2C(=O)CNC=O)OCCO3)c1.N=CN. The lowest BCUT2D eigenvalue weighted by Crippen LogP contribution is -2.48. The number of rotatable bonds is 8. The van der Waals surface area contributed by atoms with Gasteiger partial charge in [-0.15, -0.1) is 11.3 Å². The molecule has 1 aromatic carbocycles. The van der Waals surface area contributed by atoms with Crippen molar-refractivity contribution >= 4 is 41.5 Å². The van der Waals surface area contributed by atoms with Gasteiger partial charge in [0.05, 0.1) is 39.2 Å². The molecule has 3 amide bonds. The molecule has 46 heavy (non-hydrogen) atoms. The number of ether oxygens (including phenoxy) is 3. The molecule has 3 heterocycles. The minimum atomic E-state index is -2.73. The van der Waals surface area contributed by atoms with E-state index in [0.29, 0.717) is 26.2 Å². The van der Waals surface area contributed by atoms with Crippen molar-refractivity contribution in [2.45, 2.75) is 64.2 Å². The summed E-state index contributed by atoms with van der Waals surface area (Å²) in [5.74, 6) is -1.50. The van der Waals surface area contributed by atoms with Crippen LogP contribution in [0.5, 0.6) is 0 Å². The fourth-order valence-electron chi connectivity index (χ4n) is 5.94. The summed E-state index contributed by atoms with van der Waals surface area (Å²) < 4.78 is 41.2. The third-order valence-corrected chi connectivity index (χ3v) is 8.89. The van der Waals surface area contributed by atoms with Gasteiger partial charge in [-0.25, -0.2) is 0 Å². The molecule has 2 saturated heterocycles. The minimum absolute atomic E-state index is 0.159. The molecule has 4 aliphatic rings. The van der Waals surface area contributed by atoms with Gasteiger partial charge in [-0.1, -0.05) is 35.9 Å². The molecule has 0 saturated carbocycles. The molecule has 2 aliphatic heterocycles. The molecule has 11 nitrogen and oxygen atoms in total. The third kappa shape index (κ3) is 8.43. The highest BCUT2D eigenvalue weighted by molar-refractivity contribution is 7.10. The summed E-state index contributed by atoms with van der Waals surface area (Å²) in [4.78, 5) is 37.9. The van der Waals surface area contributed by atoms with E-state index in [9.17, 15) is 23.2 Å². The van der Waals surface area contributed by atoms with Crippen molar-refractivity contribution in [2.24, 2.45) is 5.73 Å². The maximum atomic E-state index is 12.7. The largest absolute Gasteiger partial charge is 0.390 e. The molecule has 0 bridgehead atoms. The third-order valence-electron chi connectivity index (χ3n) is 7.83. The van der Waals surface area contributed by atoms with Crippen LogP contribution in [0.1, 0.15) is 52.5 Å². The number of carbonyl (C=O) groups excluding carboxylic acids is 3. The Morgan fingerprint density at radius 1 is 1.24 bits per heavy atom. The number of carbonyl (C=O) groups is 3. The van der Waals surface area contributed by atoms with Crippen molar-refractivity contribution in [1.82, 2.24) is 15.5 Å². The first-order chi connectivity index (χ1) is 22.1. The van der Waals surface area contributed by atoms with Crippen molar-refractivity contribution in [2.75, 3.05) is 26.3 Å². The summed E-state index contributed by atoms with van der Waals surface area (Å²) in [6.07, 6.45) is 6.75. The predicted molar refractivity (Wildman–Crippen MR) is 169 cm³/mol. The van der Waals surface area contributed by atoms with E-state index >= 15 is 0 Å². The van der Waals surface area contributed by atoms with Gasteiger partial charge in [-0.05, 0) is 66.0 Å². The van der Waals surface area contributed by atoms with E-state index in [4.69, 9.17) is 19.6 Å². The number of benzene rings is 1. The van der Waals surface area contributed by atoms with Crippen molar-refractivity contribution in [1.29, 1.82) is 5.41 Å². The number of aryl methyl sites for hydroxylation is 2. The first-order valence-electron chi connectivity index (χ1n) is 14.8. The number of halogens is 2. The lowest BCUT2D eigenvalue weighted by Gasteiger charge is -2.23. The molecule has 1 spiro atoms. The highest BCUT2D eigenvalue weighted by atomic mass is 32.1. The van der Waals surface area contributed by atoms with Crippen molar-refractivity contribution in [3.63, 3.8) is 0 Å². The topological polar surface area (TPSA) is 156 Å². The number of likely N-dealkylation sites (tertiary alicyclic amines) is 1. The molecule has 2 fully saturated rings. The average Bonchev–Trinajstić information content (AvgIpc) is 3.83. The van der Waals surface area contributed by atoms with E-state index < -0.39 is 24.5 Å². The second-order valence-electron chi connectivity index (χ2n) is 11.1. The maximum absolute atomic E-state index is 12.7. The van der Waals surface area contributed by atoms with E-state index in [2.05, 4.69) is 28.5 Å². The van der Waals surface area contributed by atoms with Gasteiger partial charge in [0, 0.05) is 11.3 Å².